The molecular weight excluding hydrogens is 264 g/mol. The minimum absolute atomic E-state index is 0.0182. The molecule has 21 heavy (non-hydrogen) atoms. The molecule has 1 aromatic rings. The van der Waals surface area contributed by atoms with Gasteiger partial charge in [-0.25, -0.2) is 0 Å². The molecule has 0 heterocycles. The fraction of sp³-hybridized carbons (Fsp3) is 0.588. The number of amides is 1. The Labute approximate surface area is 128 Å². The second kappa shape index (κ2) is 6.94. The lowest BCUT2D eigenvalue weighted by atomic mass is 9.83. The van der Waals surface area contributed by atoms with Gasteiger partial charge in [0, 0.05) is 23.7 Å². The first-order valence-corrected chi connectivity index (χ1v) is 7.36. The van der Waals surface area contributed by atoms with E-state index in [0.29, 0.717) is 13.0 Å². The van der Waals surface area contributed by atoms with Gasteiger partial charge in [0.1, 0.15) is 5.75 Å². The van der Waals surface area contributed by atoms with Gasteiger partial charge in [0.05, 0.1) is 13.5 Å². The van der Waals surface area contributed by atoms with Crippen molar-refractivity contribution in [3.8, 4) is 5.75 Å². The minimum Gasteiger partial charge on any atom is -0.496 e. The molecule has 0 bridgehead atoms. The summed E-state index contributed by atoms with van der Waals surface area (Å²) in [6, 6.07) is 4.12. The summed E-state index contributed by atoms with van der Waals surface area (Å²) >= 11 is 0. The number of rotatable bonds is 5. The number of aryl methyl sites for hydroxylation is 1. The van der Waals surface area contributed by atoms with Crippen LogP contribution in [-0.2, 0) is 16.6 Å². The van der Waals surface area contributed by atoms with E-state index in [1.807, 2.05) is 19.9 Å². The van der Waals surface area contributed by atoms with Crippen LogP contribution >= 0.6 is 0 Å². The van der Waals surface area contributed by atoms with Crippen LogP contribution in [0, 0.1) is 6.92 Å². The second-order valence-corrected chi connectivity index (χ2v) is 6.64. The van der Waals surface area contributed by atoms with Crippen molar-refractivity contribution in [2.45, 2.75) is 52.5 Å². The molecule has 0 fully saturated rings. The number of nitrogens with one attached hydrogen (secondary N) is 1. The summed E-state index contributed by atoms with van der Waals surface area (Å²) in [6.07, 6.45) is 0.304. The SMILES string of the molecule is COc1c(CC(=O)NC(C)CN)cc(C)cc1C(C)(C)C. The van der Waals surface area contributed by atoms with Crippen LogP contribution in [-0.4, -0.2) is 25.6 Å². The van der Waals surface area contributed by atoms with Crippen molar-refractivity contribution in [1.29, 1.82) is 0 Å². The number of carbonyl (C=O) groups excluding carboxylic acids is 1. The molecule has 3 N–H and O–H groups in total. The van der Waals surface area contributed by atoms with Gasteiger partial charge in [-0.15, -0.1) is 0 Å². The average Bonchev–Trinajstić information content (AvgIpc) is 2.36. The van der Waals surface area contributed by atoms with E-state index >= 15 is 0 Å². The van der Waals surface area contributed by atoms with E-state index in [-0.39, 0.29) is 17.4 Å². The zero-order valence-electron chi connectivity index (χ0n) is 14.0. The summed E-state index contributed by atoms with van der Waals surface area (Å²) in [5.74, 6) is 0.778. The first-order chi connectivity index (χ1) is 9.68. The molecular formula is C17H28N2O2. The zero-order chi connectivity index (χ0) is 16.2. The maximum Gasteiger partial charge on any atom is 0.224 e. The first kappa shape index (κ1) is 17.5. The van der Waals surface area contributed by atoms with Gasteiger partial charge in [0.2, 0.25) is 5.91 Å². The monoisotopic (exact) mass is 292 g/mol. The molecule has 0 aromatic heterocycles. The summed E-state index contributed by atoms with van der Waals surface area (Å²) in [5.41, 5.74) is 8.68. The van der Waals surface area contributed by atoms with Crippen molar-refractivity contribution in [3.63, 3.8) is 0 Å². The third-order valence-corrected chi connectivity index (χ3v) is 3.43. The highest BCUT2D eigenvalue weighted by atomic mass is 16.5. The van der Waals surface area contributed by atoms with Crippen LogP contribution in [0.3, 0.4) is 0 Å². The molecule has 0 spiro atoms. The molecule has 0 aliphatic rings. The van der Waals surface area contributed by atoms with Gasteiger partial charge < -0.3 is 15.8 Å². The predicted molar refractivity (Wildman–Crippen MR) is 86.8 cm³/mol. The number of carbonyl (C=O) groups is 1. The largest absolute Gasteiger partial charge is 0.496 e. The van der Waals surface area contributed by atoms with E-state index in [0.717, 1.165) is 22.4 Å². The lowest BCUT2D eigenvalue weighted by Crippen LogP contribution is -2.38. The van der Waals surface area contributed by atoms with E-state index in [1.54, 1.807) is 7.11 Å². The van der Waals surface area contributed by atoms with E-state index in [2.05, 4.69) is 32.2 Å². The third kappa shape index (κ3) is 4.74. The lowest BCUT2D eigenvalue weighted by molar-refractivity contribution is -0.121. The number of benzene rings is 1. The molecule has 0 radical (unpaired) electrons. The number of hydrogen-bond acceptors (Lipinski definition) is 3. The van der Waals surface area contributed by atoms with Gasteiger partial charge in [0.25, 0.3) is 0 Å². The number of hydrogen-bond donors (Lipinski definition) is 2. The Morgan fingerprint density at radius 2 is 2.00 bits per heavy atom. The number of ether oxygens (including phenoxy) is 1. The van der Waals surface area contributed by atoms with Crippen LogP contribution in [0.25, 0.3) is 0 Å². The van der Waals surface area contributed by atoms with Crippen molar-refractivity contribution >= 4 is 5.91 Å². The second-order valence-electron chi connectivity index (χ2n) is 6.64. The maximum atomic E-state index is 12.1. The Morgan fingerprint density at radius 1 is 1.38 bits per heavy atom. The molecule has 0 saturated carbocycles. The van der Waals surface area contributed by atoms with Crippen LogP contribution in [0.15, 0.2) is 12.1 Å². The van der Waals surface area contributed by atoms with Gasteiger partial charge in [-0.3, -0.25) is 4.79 Å². The zero-order valence-corrected chi connectivity index (χ0v) is 14.0. The topological polar surface area (TPSA) is 64.3 Å². The van der Waals surface area contributed by atoms with E-state index in [9.17, 15) is 4.79 Å². The molecule has 1 atom stereocenters. The smallest absolute Gasteiger partial charge is 0.224 e. The Kier molecular flexibility index (Phi) is 5.78. The molecule has 1 aromatic carbocycles. The fourth-order valence-electron chi connectivity index (χ4n) is 2.34. The summed E-state index contributed by atoms with van der Waals surface area (Å²) < 4.78 is 5.59. The average molecular weight is 292 g/mol. The Hall–Kier alpha value is -1.55. The van der Waals surface area contributed by atoms with Gasteiger partial charge in [-0.1, -0.05) is 38.5 Å². The van der Waals surface area contributed by atoms with Crippen LogP contribution in [0.1, 0.15) is 44.4 Å². The molecule has 4 heteroatoms. The van der Waals surface area contributed by atoms with Crippen molar-refractivity contribution < 1.29 is 9.53 Å². The van der Waals surface area contributed by atoms with Crippen LogP contribution < -0.4 is 15.8 Å². The summed E-state index contributed by atoms with van der Waals surface area (Å²) in [4.78, 5) is 12.1. The summed E-state index contributed by atoms with van der Waals surface area (Å²) in [6.45, 7) is 10.8. The number of nitrogens with two attached hydrogens (primary N) is 1. The molecule has 1 rings (SSSR count). The van der Waals surface area contributed by atoms with E-state index in [4.69, 9.17) is 10.5 Å². The van der Waals surface area contributed by atoms with Gasteiger partial charge >= 0.3 is 0 Å². The van der Waals surface area contributed by atoms with E-state index in [1.165, 1.54) is 0 Å². The third-order valence-electron chi connectivity index (χ3n) is 3.43. The van der Waals surface area contributed by atoms with Gasteiger partial charge in [0.15, 0.2) is 0 Å². The molecule has 4 nitrogen and oxygen atoms in total. The van der Waals surface area contributed by atoms with Crippen LogP contribution in [0.2, 0.25) is 0 Å². The van der Waals surface area contributed by atoms with Crippen LogP contribution in [0.4, 0.5) is 0 Å². The quantitative estimate of drug-likeness (QED) is 0.875. The first-order valence-electron chi connectivity index (χ1n) is 7.36. The Bertz CT molecular complexity index is 504. The molecule has 1 amide bonds. The van der Waals surface area contributed by atoms with Crippen molar-refractivity contribution in [3.05, 3.63) is 28.8 Å². The summed E-state index contributed by atoms with van der Waals surface area (Å²) in [5, 5.41) is 2.89. The molecule has 0 aliphatic carbocycles. The number of methoxy groups -OCH3 is 1. The van der Waals surface area contributed by atoms with Crippen molar-refractivity contribution in [2.75, 3.05) is 13.7 Å². The van der Waals surface area contributed by atoms with Crippen molar-refractivity contribution in [1.82, 2.24) is 5.32 Å². The highest BCUT2D eigenvalue weighted by Crippen LogP contribution is 2.35. The highest BCUT2D eigenvalue weighted by Gasteiger charge is 2.22. The molecule has 0 saturated heterocycles. The molecule has 118 valence electrons. The van der Waals surface area contributed by atoms with E-state index < -0.39 is 0 Å². The maximum absolute atomic E-state index is 12.1. The predicted octanol–water partition coefficient (Wildman–Crippen LogP) is 2.31. The van der Waals surface area contributed by atoms with Gasteiger partial charge in [-0.2, -0.15) is 0 Å². The van der Waals surface area contributed by atoms with Gasteiger partial charge in [-0.05, 0) is 19.3 Å². The fourth-order valence-corrected chi connectivity index (χ4v) is 2.34. The Balaban J connectivity index is 3.12. The molecule has 1 unspecified atom stereocenters. The van der Waals surface area contributed by atoms with Crippen LogP contribution in [0.5, 0.6) is 5.75 Å². The lowest BCUT2D eigenvalue weighted by Gasteiger charge is -2.25. The normalized spacial score (nSPS) is 12.9. The van der Waals surface area contributed by atoms with Crippen molar-refractivity contribution in [2.24, 2.45) is 5.73 Å². The minimum atomic E-state index is -0.0346. The Morgan fingerprint density at radius 3 is 2.48 bits per heavy atom. The molecule has 0 aliphatic heterocycles. The summed E-state index contributed by atoms with van der Waals surface area (Å²) in [7, 11) is 1.66. The standard InChI is InChI=1S/C17H28N2O2/c1-11-7-13(9-15(20)19-12(2)10-18)16(21-6)14(8-11)17(3,4)5/h7-8,12H,9-10,18H2,1-6H3,(H,19,20). The highest BCUT2D eigenvalue weighted by molar-refractivity contribution is 5.80.